The topological polar surface area (TPSA) is 50.2 Å². The molecule has 2 bridgehead atoms. The highest BCUT2D eigenvalue weighted by molar-refractivity contribution is 9.10. The molecule has 0 radical (unpaired) electrons. The Bertz CT molecular complexity index is 1850. The Kier molecular flexibility index (Phi) is 6.73. The molecular formula is C33H27BrN4O2S. The van der Waals surface area contributed by atoms with Gasteiger partial charge in [-0.05, 0) is 83.4 Å². The van der Waals surface area contributed by atoms with Crippen molar-refractivity contribution < 1.29 is 9.47 Å². The van der Waals surface area contributed by atoms with E-state index >= 15 is 0 Å². The summed E-state index contributed by atoms with van der Waals surface area (Å²) in [6, 6.07) is 25.2. The van der Waals surface area contributed by atoms with Gasteiger partial charge in [-0.15, -0.1) is 11.3 Å². The number of rotatable bonds is 6. The number of ether oxygens (including phenoxy) is 2. The molecule has 2 aliphatic heterocycles. The van der Waals surface area contributed by atoms with Crippen molar-refractivity contribution in [3.63, 3.8) is 0 Å². The fourth-order valence-electron chi connectivity index (χ4n) is 5.59. The van der Waals surface area contributed by atoms with Crippen molar-refractivity contribution in [2.45, 2.75) is 13.1 Å². The van der Waals surface area contributed by atoms with Crippen molar-refractivity contribution in [2.24, 2.45) is 4.99 Å². The van der Waals surface area contributed by atoms with Crippen molar-refractivity contribution in [2.75, 3.05) is 30.7 Å². The van der Waals surface area contributed by atoms with Gasteiger partial charge in [0.25, 0.3) is 0 Å². The van der Waals surface area contributed by atoms with Crippen molar-refractivity contribution in [3.8, 4) is 11.5 Å². The van der Waals surface area contributed by atoms with Gasteiger partial charge in [0.05, 0.1) is 36.8 Å². The van der Waals surface area contributed by atoms with Crippen LogP contribution in [-0.4, -0.2) is 32.1 Å². The lowest BCUT2D eigenvalue weighted by Gasteiger charge is -2.44. The summed E-state index contributed by atoms with van der Waals surface area (Å²) >= 11 is 5.26. The zero-order chi connectivity index (χ0) is 27.9. The summed E-state index contributed by atoms with van der Waals surface area (Å²) in [4.78, 5) is 14.5. The number of hydrogen-bond donors (Lipinski definition) is 0. The molecule has 6 nitrogen and oxygen atoms in total. The maximum absolute atomic E-state index is 5.55. The third-order valence-electron chi connectivity index (χ3n) is 7.48. The molecule has 2 aliphatic rings. The van der Waals surface area contributed by atoms with Gasteiger partial charge in [0.1, 0.15) is 5.01 Å². The molecule has 0 spiro atoms. The van der Waals surface area contributed by atoms with Gasteiger partial charge in [0, 0.05) is 40.7 Å². The first-order chi connectivity index (χ1) is 20.1. The molecule has 8 heteroatoms. The average Bonchev–Trinajstić information content (AvgIpc) is 3.40. The average molecular weight is 624 g/mol. The van der Waals surface area contributed by atoms with Gasteiger partial charge in [-0.25, -0.2) is 4.98 Å². The second-order valence-corrected chi connectivity index (χ2v) is 12.1. The first-order valence-electron chi connectivity index (χ1n) is 13.3. The van der Waals surface area contributed by atoms with E-state index in [1.165, 1.54) is 22.5 Å². The number of halogens is 1. The maximum atomic E-state index is 5.55. The van der Waals surface area contributed by atoms with Gasteiger partial charge < -0.3 is 19.3 Å². The van der Waals surface area contributed by atoms with Crippen molar-refractivity contribution in [3.05, 3.63) is 105 Å². The standard InChI is InChI=1S/C33H27BrN4O2S/c1-39-30-5-3-4-22(33(30)40-2)7-13-32-36-27-10-9-26(16-31(27)41-32)35-17-21-6-11-28-23(14-21)18-37-20-38(28)19-24-15-25(34)8-12-29(24)37/h3-17H,18-20H2,1-2H3/b13-7+,35-17?. The molecule has 1 aromatic heterocycles. The first-order valence-corrected chi connectivity index (χ1v) is 14.9. The highest BCUT2D eigenvalue weighted by atomic mass is 79.9. The Hall–Kier alpha value is -4.14. The lowest BCUT2D eigenvalue weighted by Crippen LogP contribution is -2.46. The van der Waals surface area contributed by atoms with Crippen LogP contribution in [0.1, 0.15) is 27.3 Å². The van der Waals surface area contributed by atoms with E-state index in [1.807, 2.05) is 48.7 Å². The molecule has 0 aliphatic carbocycles. The number of hydrogen-bond acceptors (Lipinski definition) is 7. The van der Waals surface area contributed by atoms with Gasteiger partial charge in [-0.2, -0.15) is 0 Å². The minimum Gasteiger partial charge on any atom is -0.493 e. The molecule has 3 heterocycles. The van der Waals surface area contributed by atoms with Crippen LogP contribution >= 0.6 is 27.3 Å². The van der Waals surface area contributed by atoms with Gasteiger partial charge in [-0.3, -0.25) is 4.99 Å². The molecule has 0 fully saturated rings. The van der Waals surface area contributed by atoms with Gasteiger partial charge >= 0.3 is 0 Å². The van der Waals surface area contributed by atoms with E-state index in [0.717, 1.165) is 56.3 Å². The van der Waals surface area contributed by atoms with E-state index in [9.17, 15) is 0 Å². The van der Waals surface area contributed by atoms with Crippen LogP contribution in [-0.2, 0) is 13.1 Å². The minimum absolute atomic E-state index is 0.706. The van der Waals surface area contributed by atoms with E-state index in [1.54, 1.807) is 25.6 Å². The summed E-state index contributed by atoms with van der Waals surface area (Å²) in [5, 5.41) is 0.921. The summed E-state index contributed by atoms with van der Waals surface area (Å²) in [5.41, 5.74) is 9.23. The van der Waals surface area contributed by atoms with E-state index in [2.05, 4.69) is 68.2 Å². The fourth-order valence-corrected chi connectivity index (χ4v) is 6.90. The number of methoxy groups -OCH3 is 2. The molecule has 0 unspecified atom stereocenters. The number of fused-ring (bicyclic) bond motifs is 7. The van der Waals surface area contributed by atoms with Crippen LogP contribution in [0.25, 0.3) is 22.4 Å². The lowest BCUT2D eigenvalue weighted by atomic mass is 10.0. The Balaban J connectivity index is 1.10. The molecule has 4 aromatic carbocycles. The zero-order valence-electron chi connectivity index (χ0n) is 22.7. The second kappa shape index (κ2) is 10.7. The molecule has 7 rings (SSSR count). The second-order valence-electron chi connectivity index (χ2n) is 10.1. The highest BCUT2D eigenvalue weighted by Gasteiger charge is 2.29. The van der Waals surface area contributed by atoms with Crippen LogP contribution < -0.4 is 19.3 Å². The summed E-state index contributed by atoms with van der Waals surface area (Å²) in [6.45, 7) is 2.74. The van der Waals surface area contributed by atoms with E-state index in [4.69, 9.17) is 19.5 Å². The number of nitrogens with zero attached hydrogens (tertiary/aromatic N) is 4. The molecular weight excluding hydrogens is 596 g/mol. The van der Waals surface area contributed by atoms with E-state index < -0.39 is 0 Å². The Morgan fingerprint density at radius 1 is 0.878 bits per heavy atom. The van der Waals surface area contributed by atoms with Gasteiger partial charge in [0.15, 0.2) is 11.5 Å². The van der Waals surface area contributed by atoms with E-state index in [0.29, 0.717) is 11.5 Å². The molecule has 0 saturated carbocycles. The summed E-state index contributed by atoms with van der Waals surface area (Å²) in [7, 11) is 3.29. The van der Waals surface area contributed by atoms with Crippen LogP contribution in [0.5, 0.6) is 11.5 Å². The van der Waals surface area contributed by atoms with Crippen LogP contribution in [0.2, 0.25) is 0 Å². The third kappa shape index (κ3) is 4.98. The summed E-state index contributed by atoms with van der Waals surface area (Å²) in [5.74, 6) is 1.42. The number of aliphatic imine (C=N–C) groups is 1. The fraction of sp³-hybridized carbons (Fsp3) is 0.152. The van der Waals surface area contributed by atoms with Gasteiger partial charge in [0.2, 0.25) is 0 Å². The maximum Gasteiger partial charge on any atom is 0.167 e. The number of benzene rings is 4. The predicted octanol–water partition coefficient (Wildman–Crippen LogP) is 8.29. The highest BCUT2D eigenvalue weighted by Crippen LogP contribution is 2.39. The van der Waals surface area contributed by atoms with Crippen LogP contribution in [0.3, 0.4) is 0 Å². The molecule has 0 atom stereocenters. The van der Waals surface area contributed by atoms with E-state index in [-0.39, 0.29) is 0 Å². The zero-order valence-corrected chi connectivity index (χ0v) is 25.1. The van der Waals surface area contributed by atoms with Crippen LogP contribution in [0.4, 0.5) is 17.1 Å². The summed E-state index contributed by atoms with van der Waals surface area (Å²) in [6.07, 6.45) is 5.97. The SMILES string of the molecule is COc1cccc(/C=C/c2nc3ccc(N=Cc4ccc5c(c4)CN4CN5Cc5cc(Br)ccc54)cc3s2)c1OC. The van der Waals surface area contributed by atoms with Crippen LogP contribution in [0, 0.1) is 0 Å². The number of aromatic nitrogens is 1. The van der Waals surface area contributed by atoms with Gasteiger partial charge in [-0.1, -0.05) is 34.1 Å². The quantitative estimate of drug-likeness (QED) is 0.178. The first kappa shape index (κ1) is 25.8. The summed E-state index contributed by atoms with van der Waals surface area (Å²) < 4.78 is 13.2. The molecule has 41 heavy (non-hydrogen) atoms. The molecule has 204 valence electrons. The monoisotopic (exact) mass is 622 g/mol. The number of anilines is 2. The Labute approximate surface area is 251 Å². The smallest absolute Gasteiger partial charge is 0.167 e. The van der Waals surface area contributed by atoms with Crippen molar-refractivity contribution in [1.82, 2.24) is 4.98 Å². The van der Waals surface area contributed by atoms with Crippen molar-refractivity contribution >= 4 is 72.9 Å². The third-order valence-corrected chi connectivity index (χ3v) is 8.96. The number of thiazole rings is 1. The molecule has 0 N–H and O–H groups in total. The Morgan fingerprint density at radius 3 is 2.49 bits per heavy atom. The molecule has 0 amide bonds. The normalized spacial score (nSPS) is 14.1. The van der Waals surface area contributed by atoms with Crippen molar-refractivity contribution in [1.29, 1.82) is 0 Å². The predicted molar refractivity (Wildman–Crippen MR) is 173 cm³/mol. The number of para-hydroxylation sites is 1. The van der Waals surface area contributed by atoms with Crippen LogP contribution in [0.15, 0.2) is 82.3 Å². The lowest BCUT2D eigenvalue weighted by molar-refractivity contribution is 0.354. The largest absolute Gasteiger partial charge is 0.493 e. The Morgan fingerprint density at radius 2 is 1.68 bits per heavy atom. The minimum atomic E-state index is 0.706. The molecule has 5 aromatic rings. The molecule has 0 saturated heterocycles.